The maximum atomic E-state index is 5.75. The topological polar surface area (TPSA) is 12.9 Å². The Morgan fingerprint density at radius 2 is 2.36 bits per heavy atom. The van der Waals surface area contributed by atoms with Gasteiger partial charge in [0.2, 0.25) is 0 Å². The lowest BCUT2D eigenvalue weighted by Crippen LogP contribution is -1.84. The van der Waals surface area contributed by atoms with E-state index in [9.17, 15) is 0 Å². The first-order valence-electron chi connectivity index (χ1n) is 3.49. The van der Waals surface area contributed by atoms with Gasteiger partial charge in [-0.05, 0) is 24.3 Å². The van der Waals surface area contributed by atoms with Gasteiger partial charge in [0.25, 0.3) is 0 Å². The minimum absolute atomic E-state index is 0.711. The van der Waals surface area contributed by atoms with Gasteiger partial charge >= 0.3 is 0 Å². The fourth-order valence-electron chi connectivity index (χ4n) is 0.816. The fraction of sp³-hybridized carbons (Fsp3) is 0.375. The molecular weight excluding hydrogens is 178 g/mol. The normalized spacial score (nSPS) is 10.1. The van der Waals surface area contributed by atoms with Crippen molar-refractivity contribution < 1.29 is 0 Å². The van der Waals surface area contributed by atoms with E-state index >= 15 is 0 Å². The number of hydrogen-bond acceptors (Lipinski definition) is 2. The van der Waals surface area contributed by atoms with Gasteiger partial charge in [0.15, 0.2) is 0 Å². The molecule has 1 nitrogen and oxygen atoms in total. The van der Waals surface area contributed by atoms with Crippen molar-refractivity contribution in [2.45, 2.75) is 18.9 Å². The van der Waals surface area contributed by atoms with Gasteiger partial charge in [0, 0.05) is 6.20 Å². The average Bonchev–Trinajstić information content (AvgIpc) is 1.95. The number of halogens is 1. The van der Waals surface area contributed by atoms with Gasteiger partial charge in [-0.25, -0.2) is 4.98 Å². The minimum atomic E-state index is 0.711. The summed E-state index contributed by atoms with van der Waals surface area (Å²) in [5.74, 6) is 1.05. The van der Waals surface area contributed by atoms with Gasteiger partial charge in [-0.3, -0.25) is 0 Å². The summed E-state index contributed by atoms with van der Waals surface area (Å²) in [7, 11) is 0. The van der Waals surface area contributed by atoms with Crippen molar-refractivity contribution in [2.24, 2.45) is 0 Å². The maximum Gasteiger partial charge on any atom is 0.0990 e. The second-order valence-corrected chi connectivity index (χ2v) is 3.90. The molecule has 0 aliphatic carbocycles. The molecule has 1 aromatic rings. The summed E-state index contributed by atoms with van der Waals surface area (Å²) in [5.41, 5.74) is 1.16. The molecule has 0 aliphatic rings. The van der Waals surface area contributed by atoms with Crippen LogP contribution < -0.4 is 0 Å². The largest absolute Gasteiger partial charge is 0.248 e. The molecule has 1 heterocycles. The smallest absolute Gasteiger partial charge is 0.0990 e. The average molecular weight is 188 g/mol. The van der Waals surface area contributed by atoms with Crippen molar-refractivity contribution in [2.75, 3.05) is 5.75 Å². The van der Waals surface area contributed by atoms with E-state index in [0.29, 0.717) is 5.02 Å². The van der Waals surface area contributed by atoms with Crippen LogP contribution in [0.5, 0.6) is 0 Å². The van der Waals surface area contributed by atoms with Crippen LogP contribution in [0.1, 0.15) is 12.5 Å². The summed E-state index contributed by atoms with van der Waals surface area (Å²) in [6.45, 7) is 4.14. The third kappa shape index (κ3) is 2.38. The summed E-state index contributed by atoms with van der Waals surface area (Å²) in [4.78, 5) is 4.20. The number of nitrogens with zero attached hydrogens (tertiary/aromatic N) is 1. The van der Waals surface area contributed by atoms with Crippen LogP contribution in [-0.2, 0) is 0 Å². The fourth-order valence-corrected chi connectivity index (χ4v) is 1.72. The van der Waals surface area contributed by atoms with Crippen molar-refractivity contribution in [3.8, 4) is 0 Å². The summed E-state index contributed by atoms with van der Waals surface area (Å²) >= 11 is 7.49. The Hall–Kier alpha value is -0.210. The van der Waals surface area contributed by atoms with E-state index in [-0.39, 0.29) is 0 Å². The third-order valence-corrected chi connectivity index (χ3v) is 2.47. The van der Waals surface area contributed by atoms with Crippen LogP contribution in [0.2, 0.25) is 5.02 Å². The monoisotopic (exact) mass is 187 g/mol. The predicted molar refractivity (Wildman–Crippen MR) is 50.4 cm³/mol. The van der Waals surface area contributed by atoms with Gasteiger partial charge in [0.05, 0.1) is 10.0 Å². The zero-order valence-corrected chi connectivity index (χ0v) is 8.17. The highest BCUT2D eigenvalue weighted by Crippen LogP contribution is 2.21. The molecule has 0 N–H and O–H groups in total. The predicted octanol–water partition coefficient (Wildman–Crippen LogP) is 3.16. The highest BCUT2D eigenvalue weighted by Gasteiger charge is 1.98. The lowest BCUT2D eigenvalue weighted by molar-refractivity contribution is 1.08. The second kappa shape index (κ2) is 3.98. The number of pyridine rings is 1. The van der Waals surface area contributed by atoms with E-state index < -0.39 is 0 Å². The molecule has 0 amide bonds. The van der Waals surface area contributed by atoms with Crippen LogP contribution in [0, 0.1) is 6.92 Å². The van der Waals surface area contributed by atoms with Gasteiger partial charge < -0.3 is 0 Å². The van der Waals surface area contributed by atoms with E-state index in [2.05, 4.69) is 11.9 Å². The molecule has 0 fully saturated rings. The molecule has 1 rings (SSSR count). The summed E-state index contributed by atoms with van der Waals surface area (Å²) in [6.07, 6.45) is 1.69. The molecule has 11 heavy (non-hydrogen) atoms. The van der Waals surface area contributed by atoms with Crippen molar-refractivity contribution in [1.82, 2.24) is 4.98 Å². The molecule has 0 bridgehead atoms. The lowest BCUT2D eigenvalue weighted by atomic mass is 10.3. The molecular formula is C8H10ClNS. The molecule has 0 saturated carbocycles. The Kier molecular flexibility index (Phi) is 3.21. The molecule has 3 heteroatoms. The zero-order valence-electron chi connectivity index (χ0n) is 6.60. The lowest BCUT2D eigenvalue weighted by Gasteiger charge is -2.01. The molecule has 0 unspecified atom stereocenters. The minimum Gasteiger partial charge on any atom is -0.248 e. The van der Waals surface area contributed by atoms with E-state index in [0.717, 1.165) is 16.3 Å². The summed E-state index contributed by atoms with van der Waals surface area (Å²) < 4.78 is 0. The van der Waals surface area contributed by atoms with Crippen LogP contribution in [-0.4, -0.2) is 10.7 Å². The van der Waals surface area contributed by atoms with Crippen LogP contribution in [0.4, 0.5) is 0 Å². The Bertz CT molecular complexity index is 250. The molecule has 0 spiro atoms. The van der Waals surface area contributed by atoms with Gasteiger partial charge in [-0.2, -0.15) is 0 Å². The molecule has 0 aromatic carbocycles. The SMILES string of the molecule is CCSc1ncc(Cl)cc1C. The van der Waals surface area contributed by atoms with Crippen LogP contribution >= 0.6 is 23.4 Å². The van der Waals surface area contributed by atoms with Crippen molar-refractivity contribution in [1.29, 1.82) is 0 Å². The summed E-state index contributed by atoms with van der Waals surface area (Å²) in [5, 5.41) is 1.79. The first kappa shape index (κ1) is 8.88. The van der Waals surface area contributed by atoms with E-state index in [1.165, 1.54) is 0 Å². The number of rotatable bonds is 2. The molecule has 0 radical (unpaired) electrons. The van der Waals surface area contributed by atoms with Gasteiger partial charge in [-0.1, -0.05) is 18.5 Å². The van der Waals surface area contributed by atoms with Gasteiger partial charge in [-0.15, -0.1) is 11.8 Å². The van der Waals surface area contributed by atoms with E-state index in [1.54, 1.807) is 18.0 Å². The van der Waals surface area contributed by atoms with Crippen molar-refractivity contribution in [3.05, 3.63) is 22.8 Å². The Labute approximate surface area is 76.2 Å². The first-order valence-corrected chi connectivity index (χ1v) is 4.85. The van der Waals surface area contributed by atoms with Crippen LogP contribution in [0.15, 0.2) is 17.3 Å². The Morgan fingerprint density at radius 3 is 2.91 bits per heavy atom. The quantitative estimate of drug-likeness (QED) is 0.660. The molecule has 1 aromatic heterocycles. The Balaban J connectivity index is 2.90. The van der Waals surface area contributed by atoms with Gasteiger partial charge in [0.1, 0.15) is 0 Å². The Morgan fingerprint density at radius 1 is 1.64 bits per heavy atom. The summed E-state index contributed by atoms with van der Waals surface area (Å²) in [6, 6.07) is 1.94. The number of thioether (sulfide) groups is 1. The number of hydrogen-bond donors (Lipinski definition) is 0. The zero-order chi connectivity index (χ0) is 8.27. The second-order valence-electron chi connectivity index (χ2n) is 2.21. The van der Waals surface area contributed by atoms with E-state index in [1.807, 2.05) is 13.0 Å². The number of aryl methyl sites for hydroxylation is 1. The molecule has 0 aliphatic heterocycles. The highest BCUT2D eigenvalue weighted by molar-refractivity contribution is 7.99. The van der Waals surface area contributed by atoms with Crippen molar-refractivity contribution in [3.63, 3.8) is 0 Å². The van der Waals surface area contributed by atoms with Crippen molar-refractivity contribution >= 4 is 23.4 Å². The van der Waals surface area contributed by atoms with E-state index in [4.69, 9.17) is 11.6 Å². The number of aromatic nitrogens is 1. The first-order chi connectivity index (χ1) is 5.24. The van der Waals surface area contributed by atoms with Crippen LogP contribution in [0.25, 0.3) is 0 Å². The van der Waals surface area contributed by atoms with Crippen LogP contribution in [0.3, 0.4) is 0 Å². The standard InChI is InChI=1S/C8H10ClNS/c1-3-11-8-6(2)4-7(9)5-10-8/h4-5H,3H2,1-2H3. The molecule has 0 atom stereocenters. The highest BCUT2D eigenvalue weighted by atomic mass is 35.5. The molecule has 60 valence electrons. The third-order valence-electron chi connectivity index (χ3n) is 1.28. The molecule has 0 saturated heterocycles. The maximum absolute atomic E-state index is 5.75.